The van der Waals surface area contributed by atoms with Gasteiger partial charge in [-0.2, -0.15) is 14.6 Å². The lowest BCUT2D eigenvalue weighted by Gasteiger charge is -2.33. The van der Waals surface area contributed by atoms with Crippen molar-refractivity contribution in [3.8, 4) is 6.01 Å². The zero-order valence-electron chi connectivity index (χ0n) is 20.8. The molecule has 0 spiro atoms. The van der Waals surface area contributed by atoms with Gasteiger partial charge in [0.2, 0.25) is 5.95 Å². The molecule has 9 heteroatoms. The van der Waals surface area contributed by atoms with Crippen LogP contribution in [0.25, 0.3) is 17.0 Å². The molecule has 0 unspecified atom stereocenters. The molecular weight excluding hydrogens is 442 g/mol. The van der Waals surface area contributed by atoms with Crippen molar-refractivity contribution in [1.29, 1.82) is 0 Å². The average Bonchev–Trinajstić information content (AvgIpc) is 3.25. The number of oxazole rings is 1. The Morgan fingerprint density at radius 1 is 1.17 bits per heavy atom. The molecule has 6 rings (SSSR count). The summed E-state index contributed by atoms with van der Waals surface area (Å²) in [5.41, 5.74) is 4.88. The van der Waals surface area contributed by atoms with Crippen molar-refractivity contribution < 1.29 is 4.42 Å². The van der Waals surface area contributed by atoms with Crippen LogP contribution >= 0.6 is 0 Å². The van der Waals surface area contributed by atoms with Crippen molar-refractivity contribution in [3.63, 3.8) is 0 Å². The third-order valence-electron chi connectivity index (χ3n) is 7.38. The number of fused-ring (bicyclic) bond motifs is 2. The van der Waals surface area contributed by atoms with Crippen LogP contribution in [0.3, 0.4) is 0 Å². The summed E-state index contributed by atoms with van der Waals surface area (Å²) in [7, 11) is 0. The van der Waals surface area contributed by atoms with Crippen LogP contribution in [-0.4, -0.2) is 30.9 Å². The molecule has 1 aliphatic heterocycles. The Morgan fingerprint density at radius 3 is 2.71 bits per heavy atom. The Hall–Kier alpha value is -3.46. The first kappa shape index (κ1) is 22.0. The standard InChI is InChI=1S/C26H31N7O2/c1-15(2)32-22(34)18-12-28-23(29-17-6-7-19-16(10-17)11-27-14-25(19,3)4)31-21(18)33(32)24-30-20(13-35-24)26(5)8-9-26/h6-7,10,12-13,15,27H,8-9,11,14H2,1-5H3,(H,28,29,31). The average molecular weight is 474 g/mol. The van der Waals surface area contributed by atoms with Crippen molar-refractivity contribution in [1.82, 2.24) is 29.6 Å². The van der Waals surface area contributed by atoms with E-state index in [0.29, 0.717) is 23.0 Å². The van der Waals surface area contributed by atoms with Crippen molar-refractivity contribution in [2.75, 3.05) is 11.9 Å². The van der Waals surface area contributed by atoms with Gasteiger partial charge in [-0.1, -0.05) is 26.8 Å². The summed E-state index contributed by atoms with van der Waals surface area (Å²) in [6, 6.07) is 6.61. The third-order valence-corrected chi connectivity index (χ3v) is 7.38. The van der Waals surface area contributed by atoms with E-state index in [1.54, 1.807) is 21.8 Å². The maximum absolute atomic E-state index is 13.2. The Labute approximate surface area is 203 Å². The second kappa shape index (κ2) is 7.52. The normalized spacial score (nSPS) is 18.1. The van der Waals surface area contributed by atoms with Crippen LogP contribution in [0.2, 0.25) is 0 Å². The molecule has 9 nitrogen and oxygen atoms in total. The first-order chi connectivity index (χ1) is 16.7. The zero-order valence-corrected chi connectivity index (χ0v) is 20.8. The lowest BCUT2D eigenvalue weighted by Crippen LogP contribution is -2.38. The minimum absolute atomic E-state index is 0.0607. The second-order valence-corrected chi connectivity index (χ2v) is 11.0. The fourth-order valence-electron chi connectivity index (χ4n) is 5.00. The highest BCUT2D eigenvalue weighted by molar-refractivity contribution is 5.76. The highest BCUT2D eigenvalue weighted by atomic mass is 16.4. The Kier molecular flexibility index (Phi) is 4.73. The first-order valence-corrected chi connectivity index (χ1v) is 12.2. The molecule has 2 aliphatic rings. The van der Waals surface area contributed by atoms with Crippen LogP contribution in [0.5, 0.6) is 0 Å². The van der Waals surface area contributed by atoms with Crippen molar-refractivity contribution in [3.05, 3.63) is 57.8 Å². The number of nitrogens with one attached hydrogen (secondary N) is 2. The van der Waals surface area contributed by atoms with E-state index in [2.05, 4.69) is 54.6 Å². The van der Waals surface area contributed by atoms with E-state index < -0.39 is 0 Å². The minimum Gasteiger partial charge on any atom is -0.430 e. The predicted molar refractivity (Wildman–Crippen MR) is 135 cm³/mol. The van der Waals surface area contributed by atoms with E-state index in [9.17, 15) is 4.79 Å². The number of rotatable bonds is 5. The minimum atomic E-state index is -0.166. The van der Waals surface area contributed by atoms with Gasteiger partial charge in [0.05, 0.1) is 5.69 Å². The van der Waals surface area contributed by atoms with Gasteiger partial charge < -0.3 is 15.1 Å². The number of hydrogen-bond donors (Lipinski definition) is 2. The monoisotopic (exact) mass is 473 g/mol. The molecule has 3 aromatic heterocycles. The van der Waals surface area contributed by atoms with Gasteiger partial charge in [-0.3, -0.25) is 4.79 Å². The van der Waals surface area contributed by atoms with Crippen LogP contribution in [-0.2, 0) is 17.4 Å². The van der Waals surface area contributed by atoms with E-state index in [1.165, 1.54) is 11.1 Å². The second-order valence-electron chi connectivity index (χ2n) is 11.0. The van der Waals surface area contributed by atoms with Gasteiger partial charge >= 0.3 is 6.01 Å². The Morgan fingerprint density at radius 2 is 1.97 bits per heavy atom. The Bertz CT molecular complexity index is 1500. The fourth-order valence-corrected chi connectivity index (χ4v) is 5.00. The van der Waals surface area contributed by atoms with Crippen LogP contribution in [0.4, 0.5) is 11.6 Å². The molecular formula is C26H31N7O2. The smallest absolute Gasteiger partial charge is 0.323 e. The summed E-state index contributed by atoms with van der Waals surface area (Å²) in [6.45, 7) is 12.4. The summed E-state index contributed by atoms with van der Waals surface area (Å²) < 4.78 is 9.18. The quantitative estimate of drug-likeness (QED) is 0.445. The Balaban J connectivity index is 1.42. The van der Waals surface area contributed by atoms with E-state index in [-0.39, 0.29) is 22.4 Å². The molecule has 1 saturated carbocycles. The van der Waals surface area contributed by atoms with Crippen LogP contribution in [0.1, 0.15) is 70.3 Å². The SMILES string of the molecule is CC(C)n1c(=O)c2cnc(Nc3ccc4c(c3)CNCC4(C)C)nc2n1-c1nc(C2(C)CC2)co1. The van der Waals surface area contributed by atoms with E-state index in [1.807, 2.05) is 13.8 Å². The number of nitrogens with zero attached hydrogens (tertiary/aromatic N) is 5. The topological polar surface area (TPSA) is 103 Å². The summed E-state index contributed by atoms with van der Waals surface area (Å²) in [4.78, 5) is 27.2. The number of aromatic nitrogens is 5. The fraction of sp³-hybridized carbons (Fsp3) is 0.462. The van der Waals surface area contributed by atoms with E-state index in [4.69, 9.17) is 14.4 Å². The number of hydrogen-bond acceptors (Lipinski definition) is 7. The predicted octanol–water partition coefficient (Wildman–Crippen LogP) is 4.33. The highest BCUT2D eigenvalue weighted by Gasteiger charge is 2.42. The molecule has 4 aromatic rings. The molecule has 1 aliphatic carbocycles. The van der Waals surface area contributed by atoms with E-state index >= 15 is 0 Å². The molecule has 0 radical (unpaired) electrons. The molecule has 35 heavy (non-hydrogen) atoms. The van der Waals surface area contributed by atoms with Crippen LogP contribution in [0.15, 0.2) is 39.9 Å². The zero-order chi connectivity index (χ0) is 24.5. The molecule has 1 aromatic carbocycles. The lowest BCUT2D eigenvalue weighted by molar-refractivity contribution is 0.417. The van der Waals surface area contributed by atoms with E-state index in [0.717, 1.165) is 37.3 Å². The van der Waals surface area contributed by atoms with Gasteiger partial charge in [0.25, 0.3) is 5.56 Å². The maximum atomic E-state index is 13.2. The molecule has 0 saturated heterocycles. The molecule has 2 N–H and O–H groups in total. The molecule has 0 bridgehead atoms. The highest BCUT2D eigenvalue weighted by Crippen LogP contribution is 2.47. The number of benzene rings is 1. The first-order valence-electron chi connectivity index (χ1n) is 12.2. The molecule has 4 heterocycles. The van der Waals surface area contributed by atoms with Crippen LogP contribution < -0.4 is 16.2 Å². The summed E-state index contributed by atoms with van der Waals surface area (Å²) in [5.74, 6) is 0.413. The number of anilines is 2. The van der Waals surface area contributed by atoms with Gasteiger partial charge in [-0.15, -0.1) is 0 Å². The van der Waals surface area contributed by atoms with Gasteiger partial charge in [0, 0.05) is 41.8 Å². The largest absolute Gasteiger partial charge is 0.430 e. The third kappa shape index (κ3) is 3.56. The summed E-state index contributed by atoms with van der Waals surface area (Å²) in [6.07, 6.45) is 5.46. The summed E-state index contributed by atoms with van der Waals surface area (Å²) >= 11 is 0. The molecule has 0 atom stereocenters. The molecule has 1 fully saturated rings. The van der Waals surface area contributed by atoms with Gasteiger partial charge in [0.15, 0.2) is 5.65 Å². The summed E-state index contributed by atoms with van der Waals surface area (Å²) in [5, 5.41) is 7.24. The van der Waals surface area contributed by atoms with Gasteiger partial charge in [0.1, 0.15) is 11.6 Å². The van der Waals surface area contributed by atoms with Gasteiger partial charge in [-0.05, 0) is 49.9 Å². The van der Waals surface area contributed by atoms with Crippen LogP contribution in [0, 0.1) is 0 Å². The van der Waals surface area contributed by atoms with Gasteiger partial charge in [-0.25, -0.2) is 9.67 Å². The lowest BCUT2D eigenvalue weighted by atomic mass is 9.79. The maximum Gasteiger partial charge on any atom is 0.323 e. The van der Waals surface area contributed by atoms with Crippen molar-refractivity contribution in [2.45, 2.75) is 70.9 Å². The molecule has 182 valence electrons. The molecule has 0 amide bonds. The van der Waals surface area contributed by atoms with Crippen molar-refractivity contribution in [2.24, 2.45) is 0 Å². The van der Waals surface area contributed by atoms with Crippen molar-refractivity contribution >= 4 is 22.7 Å².